The van der Waals surface area contributed by atoms with Crippen molar-refractivity contribution < 1.29 is 9.90 Å². The Morgan fingerprint density at radius 3 is 2.62 bits per heavy atom. The van der Waals surface area contributed by atoms with E-state index in [0.717, 1.165) is 18.9 Å². The normalized spacial score (nSPS) is 33.1. The zero-order valence-corrected chi connectivity index (χ0v) is 8.07. The van der Waals surface area contributed by atoms with E-state index in [1.54, 1.807) is 0 Å². The van der Waals surface area contributed by atoms with Gasteiger partial charge in [0.15, 0.2) is 0 Å². The largest absolute Gasteiger partial charge is 0.481 e. The van der Waals surface area contributed by atoms with Crippen molar-refractivity contribution in [1.82, 2.24) is 4.90 Å². The third-order valence-corrected chi connectivity index (χ3v) is 3.41. The molecule has 1 N–H and O–H groups in total. The minimum absolute atomic E-state index is 0.0786. The molecule has 2 saturated carbocycles. The highest BCUT2D eigenvalue weighted by molar-refractivity contribution is 5.74. The molecule has 2 rings (SSSR count). The second-order valence-electron chi connectivity index (χ2n) is 4.48. The van der Waals surface area contributed by atoms with Gasteiger partial charge in [0.25, 0.3) is 0 Å². The average Bonchev–Trinajstić information content (AvgIpc) is 2.74. The Labute approximate surface area is 78.7 Å². The van der Waals surface area contributed by atoms with Crippen molar-refractivity contribution in [1.29, 1.82) is 0 Å². The van der Waals surface area contributed by atoms with Gasteiger partial charge in [0.1, 0.15) is 0 Å². The van der Waals surface area contributed by atoms with Crippen LogP contribution in [0, 0.1) is 11.8 Å². The molecule has 13 heavy (non-hydrogen) atoms. The van der Waals surface area contributed by atoms with Gasteiger partial charge in [0.2, 0.25) is 0 Å². The number of nitrogens with zero attached hydrogens (tertiary/aromatic N) is 1. The number of hydrogen-bond acceptors (Lipinski definition) is 2. The highest BCUT2D eigenvalue weighted by atomic mass is 16.4. The molecule has 0 heterocycles. The van der Waals surface area contributed by atoms with Crippen molar-refractivity contribution in [2.45, 2.75) is 31.7 Å². The fourth-order valence-corrected chi connectivity index (χ4v) is 2.15. The van der Waals surface area contributed by atoms with Crippen LogP contribution in [0.5, 0.6) is 0 Å². The van der Waals surface area contributed by atoms with Crippen LogP contribution < -0.4 is 0 Å². The van der Waals surface area contributed by atoms with Crippen LogP contribution in [0.2, 0.25) is 0 Å². The summed E-state index contributed by atoms with van der Waals surface area (Å²) in [4.78, 5) is 12.9. The Morgan fingerprint density at radius 1 is 1.54 bits per heavy atom. The van der Waals surface area contributed by atoms with Gasteiger partial charge in [-0.2, -0.15) is 0 Å². The minimum Gasteiger partial charge on any atom is -0.481 e. The number of carboxylic acid groups (broad SMARTS) is 1. The molecular weight excluding hydrogens is 166 g/mol. The maximum atomic E-state index is 10.6. The van der Waals surface area contributed by atoms with Crippen molar-refractivity contribution in [2.75, 3.05) is 13.6 Å². The summed E-state index contributed by atoms with van der Waals surface area (Å²) >= 11 is 0. The molecule has 2 fully saturated rings. The van der Waals surface area contributed by atoms with Crippen LogP contribution in [0.25, 0.3) is 0 Å². The van der Waals surface area contributed by atoms with Gasteiger partial charge in [-0.25, -0.2) is 0 Å². The zero-order valence-electron chi connectivity index (χ0n) is 8.07. The summed E-state index contributed by atoms with van der Waals surface area (Å²) in [6, 6.07) is 0.332. The molecule has 3 nitrogen and oxygen atoms in total. The summed E-state index contributed by atoms with van der Waals surface area (Å²) in [5.74, 6) is 0.149. The van der Waals surface area contributed by atoms with Crippen molar-refractivity contribution in [3.8, 4) is 0 Å². The summed E-state index contributed by atoms with van der Waals surface area (Å²) < 4.78 is 0. The summed E-state index contributed by atoms with van der Waals surface area (Å²) in [6.45, 7) is 1.11. The van der Waals surface area contributed by atoms with Gasteiger partial charge < -0.3 is 10.0 Å². The molecule has 0 saturated heterocycles. The molecule has 0 aromatic rings. The fourth-order valence-electron chi connectivity index (χ4n) is 2.15. The standard InChI is InChI=1S/C10H17NO2/c1-11(6-7-3-2-4-7)9-5-8(9)10(12)13/h7-9H,2-6H2,1H3,(H,12,13). The van der Waals surface area contributed by atoms with Crippen LogP contribution in [0.15, 0.2) is 0 Å². The van der Waals surface area contributed by atoms with E-state index in [4.69, 9.17) is 5.11 Å². The summed E-state index contributed by atoms with van der Waals surface area (Å²) in [5, 5.41) is 8.75. The molecule has 2 unspecified atom stereocenters. The van der Waals surface area contributed by atoms with Gasteiger partial charge in [0.05, 0.1) is 5.92 Å². The topological polar surface area (TPSA) is 40.5 Å². The molecule has 2 aliphatic carbocycles. The average molecular weight is 183 g/mol. The quantitative estimate of drug-likeness (QED) is 0.711. The lowest BCUT2D eigenvalue weighted by molar-refractivity contribution is -0.139. The minimum atomic E-state index is -0.620. The SMILES string of the molecule is CN(CC1CCC1)C1CC1C(=O)O. The number of carbonyl (C=O) groups is 1. The van der Waals surface area contributed by atoms with Crippen LogP contribution in [0.1, 0.15) is 25.7 Å². The molecule has 0 spiro atoms. The molecule has 74 valence electrons. The van der Waals surface area contributed by atoms with E-state index in [9.17, 15) is 4.79 Å². The van der Waals surface area contributed by atoms with E-state index in [2.05, 4.69) is 11.9 Å². The molecular formula is C10H17NO2. The van der Waals surface area contributed by atoms with Crippen LogP contribution >= 0.6 is 0 Å². The Morgan fingerprint density at radius 2 is 2.23 bits per heavy atom. The van der Waals surface area contributed by atoms with Crippen LogP contribution in [-0.4, -0.2) is 35.6 Å². The first-order valence-corrected chi connectivity index (χ1v) is 5.11. The predicted octanol–water partition coefficient (Wildman–Crippen LogP) is 1.19. The van der Waals surface area contributed by atoms with E-state index in [1.165, 1.54) is 19.3 Å². The smallest absolute Gasteiger partial charge is 0.308 e. The lowest BCUT2D eigenvalue weighted by atomic mass is 9.85. The lowest BCUT2D eigenvalue weighted by Crippen LogP contribution is -2.32. The third kappa shape index (κ3) is 1.85. The summed E-state index contributed by atoms with van der Waals surface area (Å²) in [6.07, 6.45) is 4.91. The highest BCUT2D eigenvalue weighted by Crippen LogP contribution is 2.37. The van der Waals surface area contributed by atoms with Crippen molar-refractivity contribution >= 4 is 5.97 Å². The maximum absolute atomic E-state index is 10.6. The van der Waals surface area contributed by atoms with Gasteiger partial charge in [0, 0.05) is 12.6 Å². The first kappa shape index (κ1) is 9.00. The van der Waals surface area contributed by atoms with Crippen molar-refractivity contribution in [2.24, 2.45) is 11.8 Å². The van der Waals surface area contributed by atoms with E-state index in [-0.39, 0.29) is 5.92 Å². The maximum Gasteiger partial charge on any atom is 0.308 e. The Kier molecular flexibility index (Phi) is 2.28. The molecule has 0 radical (unpaired) electrons. The van der Waals surface area contributed by atoms with Gasteiger partial charge in [-0.05, 0) is 32.2 Å². The number of aliphatic carboxylic acids is 1. The van der Waals surface area contributed by atoms with Gasteiger partial charge in [-0.15, -0.1) is 0 Å². The van der Waals surface area contributed by atoms with Crippen LogP contribution in [-0.2, 0) is 4.79 Å². The Balaban J connectivity index is 1.72. The van der Waals surface area contributed by atoms with E-state index in [1.807, 2.05) is 0 Å². The zero-order chi connectivity index (χ0) is 9.42. The number of carboxylic acids is 1. The van der Waals surface area contributed by atoms with Crippen LogP contribution in [0.4, 0.5) is 0 Å². The molecule has 0 aliphatic heterocycles. The van der Waals surface area contributed by atoms with Crippen LogP contribution in [0.3, 0.4) is 0 Å². The molecule has 2 aliphatic rings. The first-order valence-electron chi connectivity index (χ1n) is 5.11. The Hall–Kier alpha value is -0.570. The van der Waals surface area contributed by atoms with E-state index in [0.29, 0.717) is 6.04 Å². The molecule has 0 bridgehead atoms. The van der Waals surface area contributed by atoms with Crippen molar-refractivity contribution in [3.63, 3.8) is 0 Å². The molecule has 0 amide bonds. The molecule has 3 heteroatoms. The Bertz CT molecular complexity index is 213. The second kappa shape index (κ2) is 3.29. The van der Waals surface area contributed by atoms with Gasteiger partial charge in [-0.3, -0.25) is 4.79 Å². The number of hydrogen-bond donors (Lipinski definition) is 1. The predicted molar refractivity (Wildman–Crippen MR) is 49.5 cm³/mol. The van der Waals surface area contributed by atoms with E-state index < -0.39 is 5.97 Å². The number of rotatable bonds is 4. The fraction of sp³-hybridized carbons (Fsp3) is 0.900. The van der Waals surface area contributed by atoms with Gasteiger partial charge in [-0.1, -0.05) is 6.42 Å². The summed E-state index contributed by atoms with van der Waals surface area (Å²) in [7, 11) is 2.06. The highest BCUT2D eigenvalue weighted by Gasteiger charge is 2.46. The summed E-state index contributed by atoms with van der Waals surface area (Å²) in [5.41, 5.74) is 0. The van der Waals surface area contributed by atoms with Gasteiger partial charge >= 0.3 is 5.97 Å². The van der Waals surface area contributed by atoms with E-state index >= 15 is 0 Å². The molecule has 2 atom stereocenters. The first-order chi connectivity index (χ1) is 6.18. The molecule has 0 aromatic heterocycles. The third-order valence-electron chi connectivity index (χ3n) is 3.41. The lowest BCUT2D eigenvalue weighted by Gasteiger charge is -2.30. The van der Waals surface area contributed by atoms with Crippen molar-refractivity contribution in [3.05, 3.63) is 0 Å². The molecule has 0 aromatic carbocycles. The second-order valence-corrected chi connectivity index (χ2v) is 4.48. The monoisotopic (exact) mass is 183 g/mol.